The molecule has 3 atom stereocenters. The number of carbonyl (C=O) groups is 5. The summed E-state index contributed by atoms with van der Waals surface area (Å²) in [6.07, 6.45) is -0.142. The average molecular weight is 574 g/mol. The minimum Gasteiger partial charge on any atom is -0.444 e. The second-order valence-electron chi connectivity index (χ2n) is 10.8. The van der Waals surface area contributed by atoms with Gasteiger partial charge >= 0.3 is 12.2 Å². The molecule has 1 aromatic carbocycles. The Labute approximate surface area is 237 Å². The van der Waals surface area contributed by atoms with E-state index in [1.807, 2.05) is 0 Å². The van der Waals surface area contributed by atoms with Crippen LogP contribution in [0.5, 0.6) is 0 Å². The van der Waals surface area contributed by atoms with E-state index in [1.165, 1.54) is 21.9 Å². The molecule has 0 bridgehead atoms. The Bertz CT molecular complexity index is 1230. The first-order valence-electron chi connectivity index (χ1n) is 13.1. The molecule has 2 unspecified atom stereocenters. The van der Waals surface area contributed by atoms with E-state index in [-0.39, 0.29) is 39.1 Å². The molecule has 2 heterocycles. The molecule has 1 fully saturated rings. The molecule has 0 aromatic heterocycles. The van der Waals surface area contributed by atoms with Crippen molar-refractivity contribution in [1.82, 2.24) is 20.0 Å². The molecule has 2 aliphatic heterocycles. The number of rotatable bonds is 9. The maximum absolute atomic E-state index is 14.1. The van der Waals surface area contributed by atoms with Gasteiger partial charge in [0.05, 0.1) is 19.6 Å². The molecule has 3 rings (SSSR count). The van der Waals surface area contributed by atoms with Crippen molar-refractivity contribution in [2.75, 3.05) is 19.6 Å². The van der Waals surface area contributed by atoms with Gasteiger partial charge in [-0.3, -0.25) is 19.3 Å². The molecular weight excluding hydrogens is 537 g/mol. The maximum Gasteiger partial charge on any atom is 0.410 e. The summed E-state index contributed by atoms with van der Waals surface area (Å²) >= 11 is 0. The van der Waals surface area contributed by atoms with Crippen molar-refractivity contribution < 1.29 is 37.8 Å². The van der Waals surface area contributed by atoms with Crippen LogP contribution >= 0.6 is 0 Å². The van der Waals surface area contributed by atoms with E-state index in [2.05, 4.69) is 18.5 Å². The largest absolute Gasteiger partial charge is 0.444 e. The number of hydrogen-bond acceptors (Lipinski definition) is 7. The van der Waals surface area contributed by atoms with Gasteiger partial charge in [0.1, 0.15) is 29.6 Å². The van der Waals surface area contributed by atoms with Crippen LogP contribution in [0.15, 0.2) is 43.5 Å². The number of likely N-dealkylation sites (tertiary alicyclic amines) is 1. The van der Waals surface area contributed by atoms with Gasteiger partial charge in [-0.25, -0.2) is 14.0 Å². The third-order valence-corrected chi connectivity index (χ3v) is 6.55. The molecule has 0 aliphatic carbocycles. The van der Waals surface area contributed by atoms with Crippen LogP contribution in [0, 0.1) is 5.82 Å². The van der Waals surface area contributed by atoms with Crippen molar-refractivity contribution in [1.29, 1.82) is 0 Å². The molecule has 0 spiro atoms. The van der Waals surface area contributed by atoms with E-state index in [0.29, 0.717) is 11.1 Å². The number of amides is 5. The van der Waals surface area contributed by atoms with Crippen LogP contribution in [0.25, 0.3) is 0 Å². The Morgan fingerprint density at radius 2 is 1.93 bits per heavy atom. The number of nitrogens with one attached hydrogen (secondary N) is 1. The van der Waals surface area contributed by atoms with E-state index in [9.17, 15) is 28.4 Å². The molecule has 1 saturated heterocycles. The molecule has 0 radical (unpaired) electrons. The maximum atomic E-state index is 14.1. The fourth-order valence-electron chi connectivity index (χ4n) is 4.72. The minimum absolute atomic E-state index is 0.0216. The van der Waals surface area contributed by atoms with Gasteiger partial charge in [0.15, 0.2) is 0 Å². The summed E-state index contributed by atoms with van der Waals surface area (Å²) in [5.41, 5.74) is 5.77. The third-order valence-electron chi connectivity index (χ3n) is 6.55. The smallest absolute Gasteiger partial charge is 0.410 e. The second kappa shape index (κ2) is 12.8. The Kier molecular flexibility index (Phi) is 9.74. The second-order valence-corrected chi connectivity index (χ2v) is 10.8. The zero-order valence-corrected chi connectivity index (χ0v) is 23.4. The zero-order valence-electron chi connectivity index (χ0n) is 23.4. The van der Waals surface area contributed by atoms with Gasteiger partial charge in [-0.15, -0.1) is 6.58 Å². The minimum atomic E-state index is -1.35. The van der Waals surface area contributed by atoms with Gasteiger partial charge in [0, 0.05) is 25.1 Å². The summed E-state index contributed by atoms with van der Waals surface area (Å²) in [6, 6.07) is 2.09. The van der Waals surface area contributed by atoms with E-state index < -0.39 is 59.5 Å². The molecule has 0 saturated carbocycles. The van der Waals surface area contributed by atoms with Crippen molar-refractivity contribution in [3.8, 4) is 0 Å². The standard InChI is InChI=1S/C28H36FN5O7/c1-6-11-32(23(35)7-2)16-21(31-26(38)41-28(3,4)5)25(37)34-14-18(12-22(34)24(30)36)40-27(39)33-13-17-9-8-10-20(29)19(17)15-33/h6-10,18,21-22H,1-2,11-16H2,3-5H3,(H2,30,36)(H,31,38)/t18?,21-,22?/m0/s1. The van der Waals surface area contributed by atoms with Gasteiger partial charge in [0.2, 0.25) is 17.7 Å². The normalized spacial score (nSPS) is 18.6. The first-order valence-corrected chi connectivity index (χ1v) is 13.1. The number of halogens is 1. The first-order chi connectivity index (χ1) is 19.2. The summed E-state index contributed by atoms with van der Waals surface area (Å²) in [5.74, 6) is -2.52. The van der Waals surface area contributed by atoms with Crippen molar-refractivity contribution in [2.24, 2.45) is 5.73 Å². The monoisotopic (exact) mass is 573 g/mol. The van der Waals surface area contributed by atoms with E-state index >= 15 is 0 Å². The number of fused-ring (bicyclic) bond motifs is 1. The first kappa shape index (κ1) is 31.1. The van der Waals surface area contributed by atoms with Crippen LogP contribution in [0.4, 0.5) is 14.0 Å². The highest BCUT2D eigenvalue weighted by Gasteiger charge is 2.44. The van der Waals surface area contributed by atoms with Crippen molar-refractivity contribution in [3.05, 3.63) is 60.5 Å². The number of nitrogens with zero attached hydrogens (tertiary/aromatic N) is 3. The quantitative estimate of drug-likeness (QED) is 0.338. The molecule has 222 valence electrons. The summed E-state index contributed by atoms with van der Waals surface area (Å²) in [5, 5.41) is 2.47. The molecule has 3 N–H and O–H groups in total. The van der Waals surface area contributed by atoms with Crippen LogP contribution in [-0.2, 0) is 36.9 Å². The van der Waals surface area contributed by atoms with Gasteiger partial charge in [-0.2, -0.15) is 0 Å². The number of carbonyl (C=O) groups excluding carboxylic acids is 5. The Hall–Kier alpha value is -4.42. The third kappa shape index (κ3) is 7.83. The zero-order chi connectivity index (χ0) is 30.5. The van der Waals surface area contributed by atoms with Gasteiger partial charge in [-0.1, -0.05) is 24.8 Å². The van der Waals surface area contributed by atoms with Crippen molar-refractivity contribution >= 4 is 29.9 Å². The molecule has 13 heteroatoms. The van der Waals surface area contributed by atoms with Crippen molar-refractivity contribution in [2.45, 2.75) is 64.1 Å². The highest BCUT2D eigenvalue weighted by Crippen LogP contribution is 2.28. The Morgan fingerprint density at radius 3 is 2.51 bits per heavy atom. The molecule has 5 amide bonds. The predicted octanol–water partition coefficient (Wildman–Crippen LogP) is 1.83. The Balaban J connectivity index is 1.77. The number of benzene rings is 1. The number of nitrogens with two attached hydrogens (primary N) is 1. The lowest BCUT2D eigenvalue weighted by molar-refractivity contribution is -0.140. The highest BCUT2D eigenvalue weighted by molar-refractivity contribution is 5.93. The lowest BCUT2D eigenvalue weighted by Gasteiger charge is -2.31. The number of primary amides is 1. The van der Waals surface area contributed by atoms with Gasteiger partial charge in [-0.05, 0) is 38.5 Å². The van der Waals surface area contributed by atoms with Crippen LogP contribution < -0.4 is 11.1 Å². The SMILES string of the molecule is C=CCN(C[C@H](NC(=O)OC(C)(C)C)C(=O)N1CC(OC(=O)N2Cc3cccc(F)c3C2)CC1C(N)=O)C(=O)C=C. The average Bonchev–Trinajstić information content (AvgIpc) is 3.51. The number of hydrogen-bond donors (Lipinski definition) is 2. The predicted molar refractivity (Wildman–Crippen MR) is 145 cm³/mol. The lowest BCUT2D eigenvalue weighted by atomic mass is 10.1. The van der Waals surface area contributed by atoms with Crippen LogP contribution in [-0.4, -0.2) is 88.0 Å². The van der Waals surface area contributed by atoms with Gasteiger partial charge < -0.3 is 30.3 Å². The highest BCUT2D eigenvalue weighted by atomic mass is 19.1. The van der Waals surface area contributed by atoms with Crippen LogP contribution in [0.3, 0.4) is 0 Å². The van der Waals surface area contributed by atoms with Gasteiger partial charge in [0.25, 0.3) is 0 Å². The fraction of sp³-hybridized carbons (Fsp3) is 0.464. The van der Waals surface area contributed by atoms with E-state index in [0.717, 1.165) is 11.0 Å². The van der Waals surface area contributed by atoms with Crippen LogP contribution in [0.2, 0.25) is 0 Å². The summed E-state index contributed by atoms with van der Waals surface area (Å²) in [4.78, 5) is 67.7. The molecular formula is C28H36FN5O7. The Morgan fingerprint density at radius 1 is 1.22 bits per heavy atom. The molecule has 2 aliphatic rings. The number of ether oxygens (including phenoxy) is 2. The lowest BCUT2D eigenvalue weighted by Crippen LogP contribution is -2.57. The van der Waals surface area contributed by atoms with Crippen LogP contribution in [0.1, 0.15) is 38.3 Å². The fourth-order valence-corrected chi connectivity index (χ4v) is 4.72. The number of alkyl carbamates (subject to hydrolysis) is 1. The van der Waals surface area contributed by atoms with Crippen molar-refractivity contribution in [3.63, 3.8) is 0 Å². The summed E-state index contributed by atoms with van der Waals surface area (Å²) in [6.45, 7) is 11.7. The summed E-state index contributed by atoms with van der Waals surface area (Å²) < 4.78 is 25.0. The molecule has 12 nitrogen and oxygen atoms in total. The topological polar surface area (TPSA) is 152 Å². The molecule has 1 aromatic rings. The van der Waals surface area contributed by atoms with E-state index in [4.69, 9.17) is 15.2 Å². The van der Waals surface area contributed by atoms with E-state index in [1.54, 1.807) is 32.9 Å². The molecule has 41 heavy (non-hydrogen) atoms. The summed E-state index contributed by atoms with van der Waals surface area (Å²) in [7, 11) is 0.